The number of hydrogen-bond donors (Lipinski definition) is 1. The van der Waals surface area contributed by atoms with E-state index in [9.17, 15) is 0 Å². The molecule has 0 bridgehead atoms. The third-order valence-electron chi connectivity index (χ3n) is 2.43. The maximum atomic E-state index is 7.86. The summed E-state index contributed by atoms with van der Waals surface area (Å²) in [6.07, 6.45) is 1.05. The summed E-state index contributed by atoms with van der Waals surface area (Å²) in [4.78, 5) is 2.12. The molecule has 0 aromatic heterocycles. The maximum Gasteiger partial charge on any atom is 0.0988 e. The highest BCUT2D eigenvalue weighted by Gasteiger charge is 2.17. The second-order valence-electron chi connectivity index (χ2n) is 3.29. The number of rotatable bonds is 2. The van der Waals surface area contributed by atoms with Gasteiger partial charge >= 0.3 is 0 Å². The van der Waals surface area contributed by atoms with Crippen LogP contribution in [-0.2, 0) is 4.74 Å². The van der Waals surface area contributed by atoms with Gasteiger partial charge in [0.1, 0.15) is 0 Å². The first kappa shape index (κ1) is 9.52. The highest BCUT2D eigenvalue weighted by molar-refractivity contribution is 5.81. The van der Waals surface area contributed by atoms with Gasteiger partial charge in [-0.15, -0.1) is 0 Å². The van der Waals surface area contributed by atoms with Gasteiger partial charge in [-0.3, -0.25) is 5.41 Å². The quantitative estimate of drug-likeness (QED) is 0.501. The van der Waals surface area contributed by atoms with Crippen LogP contribution in [0.4, 0.5) is 0 Å². The van der Waals surface area contributed by atoms with Crippen molar-refractivity contribution in [3.63, 3.8) is 0 Å². The molecule has 70 valence electrons. The largest absolute Gasteiger partial charge is 0.378 e. The highest BCUT2D eigenvalue weighted by Crippen LogP contribution is 2.08. The molecule has 1 rings (SSSR count). The zero-order valence-electron chi connectivity index (χ0n) is 7.97. The molecule has 1 N–H and O–H groups in total. The summed E-state index contributed by atoms with van der Waals surface area (Å²) in [5, 5.41) is 7.86. The van der Waals surface area contributed by atoms with E-state index in [4.69, 9.17) is 10.1 Å². The van der Waals surface area contributed by atoms with Crippen molar-refractivity contribution in [1.82, 2.24) is 4.90 Å². The van der Waals surface area contributed by atoms with E-state index >= 15 is 0 Å². The maximum absolute atomic E-state index is 7.86. The van der Waals surface area contributed by atoms with Crippen molar-refractivity contribution in [2.24, 2.45) is 5.92 Å². The normalized spacial score (nSPS) is 20.7. The minimum Gasteiger partial charge on any atom is -0.378 e. The van der Waals surface area contributed by atoms with Gasteiger partial charge in [-0.2, -0.15) is 0 Å². The van der Waals surface area contributed by atoms with Crippen LogP contribution in [0.2, 0.25) is 0 Å². The molecule has 1 heterocycles. The Morgan fingerprint density at radius 2 is 2.08 bits per heavy atom. The number of nitrogens with zero attached hydrogens (tertiary/aromatic N) is 1. The predicted molar refractivity (Wildman–Crippen MR) is 49.6 cm³/mol. The molecule has 0 aromatic carbocycles. The third-order valence-corrected chi connectivity index (χ3v) is 2.43. The summed E-state index contributed by atoms with van der Waals surface area (Å²) in [5.41, 5.74) is 0. The number of hydrogen-bond acceptors (Lipinski definition) is 2. The average molecular weight is 170 g/mol. The van der Waals surface area contributed by atoms with Crippen LogP contribution in [0.3, 0.4) is 0 Å². The van der Waals surface area contributed by atoms with Crippen LogP contribution in [0.1, 0.15) is 20.3 Å². The van der Waals surface area contributed by atoms with E-state index in [0.29, 0.717) is 5.92 Å². The van der Waals surface area contributed by atoms with Crippen molar-refractivity contribution in [3.8, 4) is 0 Å². The lowest BCUT2D eigenvalue weighted by atomic mass is 10.1. The summed E-state index contributed by atoms with van der Waals surface area (Å²) < 4.78 is 5.22. The fourth-order valence-electron chi connectivity index (χ4n) is 1.31. The van der Waals surface area contributed by atoms with Gasteiger partial charge in [-0.1, -0.05) is 13.8 Å². The molecule has 1 atom stereocenters. The Morgan fingerprint density at radius 1 is 1.50 bits per heavy atom. The molecule has 1 aliphatic heterocycles. The second-order valence-corrected chi connectivity index (χ2v) is 3.29. The SMILES string of the molecule is CCC(C)C(=N)N1CCOCC1. The topological polar surface area (TPSA) is 36.3 Å². The Bertz CT molecular complexity index is 153. The van der Waals surface area contributed by atoms with Crippen LogP contribution in [0.15, 0.2) is 0 Å². The van der Waals surface area contributed by atoms with Crippen molar-refractivity contribution in [2.45, 2.75) is 20.3 Å². The first-order chi connectivity index (χ1) is 5.75. The standard InChI is InChI=1S/C9H18N2O/c1-3-8(2)9(10)11-4-6-12-7-5-11/h8,10H,3-7H2,1-2H3. The fourth-order valence-corrected chi connectivity index (χ4v) is 1.31. The van der Waals surface area contributed by atoms with Gasteiger partial charge in [0, 0.05) is 19.0 Å². The Kier molecular flexibility index (Phi) is 3.53. The first-order valence-corrected chi connectivity index (χ1v) is 4.66. The lowest BCUT2D eigenvalue weighted by Crippen LogP contribution is -2.42. The van der Waals surface area contributed by atoms with Crippen molar-refractivity contribution >= 4 is 5.84 Å². The molecular formula is C9H18N2O. The van der Waals surface area contributed by atoms with E-state index in [1.807, 2.05) is 0 Å². The number of amidine groups is 1. The Hall–Kier alpha value is -0.570. The third kappa shape index (κ3) is 2.21. The van der Waals surface area contributed by atoms with Crippen molar-refractivity contribution < 1.29 is 4.74 Å². The lowest BCUT2D eigenvalue weighted by Gasteiger charge is -2.31. The van der Waals surface area contributed by atoms with E-state index in [1.165, 1.54) is 0 Å². The van der Waals surface area contributed by atoms with Gasteiger partial charge in [0.25, 0.3) is 0 Å². The molecule has 0 radical (unpaired) electrons. The van der Waals surface area contributed by atoms with E-state index in [1.54, 1.807) is 0 Å². The summed E-state index contributed by atoms with van der Waals surface area (Å²) >= 11 is 0. The molecule has 0 aliphatic carbocycles. The average Bonchev–Trinajstić information content (AvgIpc) is 2.17. The lowest BCUT2D eigenvalue weighted by molar-refractivity contribution is 0.0656. The predicted octanol–water partition coefficient (Wildman–Crippen LogP) is 1.34. The molecule has 1 saturated heterocycles. The van der Waals surface area contributed by atoms with Crippen LogP contribution in [0, 0.1) is 11.3 Å². The molecular weight excluding hydrogens is 152 g/mol. The zero-order valence-corrected chi connectivity index (χ0v) is 7.97. The van der Waals surface area contributed by atoms with E-state index in [-0.39, 0.29) is 0 Å². The van der Waals surface area contributed by atoms with Crippen molar-refractivity contribution in [3.05, 3.63) is 0 Å². The van der Waals surface area contributed by atoms with Gasteiger partial charge in [0.15, 0.2) is 0 Å². The fraction of sp³-hybridized carbons (Fsp3) is 0.889. The van der Waals surface area contributed by atoms with E-state index in [2.05, 4.69) is 18.7 Å². The Labute approximate surface area is 74.2 Å². The number of ether oxygens (including phenoxy) is 1. The summed E-state index contributed by atoms with van der Waals surface area (Å²) in [6, 6.07) is 0. The summed E-state index contributed by atoms with van der Waals surface area (Å²) in [6.45, 7) is 7.57. The van der Waals surface area contributed by atoms with Gasteiger partial charge < -0.3 is 9.64 Å². The molecule has 0 amide bonds. The van der Waals surface area contributed by atoms with Crippen molar-refractivity contribution in [1.29, 1.82) is 5.41 Å². The molecule has 1 fully saturated rings. The minimum atomic E-state index is 0.392. The second kappa shape index (κ2) is 4.45. The van der Waals surface area contributed by atoms with Crippen LogP contribution in [-0.4, -0.2) is 37.0 Å². The zero-order chi connectivity index (χ0) is 8.97. The van der Waals surface area contributed by atoms with Gasteiger partial charge in [0.05, 0.1) is 19.0 Å². The summed E-state index contributed by atoms with van der Waals surface area (Å²) in [5.74, 6) is 1.17. The minimum absolute atomic E-state index is 0.392. The smallest absolute Gasteiger partial charge is 0.0988 e. The van der Waals surface area contributed by atoms with Gasteiger partial charge in [-0.25, -0.2) is 0 Å². The van der Waals surface area contributed by atoms with E-state index < -0.39 is 0 Å². The molecule has 3 heteroatoms. The Balaban J connectivity index is 2.39. The van der Waals surface area contributed by atoms with Crippen LogP contribution >= 0.6 is 0 Å². The number of nitrogens with one attached hydrogen (secondary N) is 1. The first-order valence-electron chi connectivity index (χ1n) is 4.66. The molecule has 12 heavy (non-hydrogen) atoms. The van der Waals surface area contributed by atoms with Crippen LogP contribution < -0.4 is 0 Å². The molecule has 1 unspecified atom stereocenters. The monoisotopic (exact) mass is 170 g/mol. The molecule has 1 aliphatic rings. The van der Waals surface area contributed by atoms with Gasteiger partial charge in [0.2, 0.25) is 0 Å². The van der Waals surface area contributed by atoms with Crippen LogP contribution in [0.5, 0.6) is 0 Å². The molecule has 0 saturated carbocycles. The van der Waals surface area contributed by atoms with Crippen molar-refractivity contribution in [2.75, 3.05) is 26.3 Å². The molecule has 3 nitrogen and oxygen atoms in total. The van der Waals surface area contributed by atoms with Crippen LogP contribution in [0.25, 0.3) is 0 Å². The highest BCUT2D eigenvalue weighted by atomic mass is 16.5. The molecule has 0 aromatic rings. The molecule has 0 spiro atoms. The number of morpholine rings is 1. The van der Waals surface area contributed by atoms with E-state index in [0.717, 1.165) is 38.6 Å². The Morgan fingerprint density at radius 3 is 2.58 bits per heavy atom. The summed E-state index contributed by atoms with van der Waals surface area (Å²) in [7, 11) is 0. The van der Waals surface area contributed by atoms with Gasteiger partial charge in [-0.05, 0) is 6.42 Å².